The quantitative estimate of drug-likeness (QED) is 0.511. The molecule has 0 radical (unpaired) electrons. The number of hydrogen-bond donors (Lipinski definition) is 1. The van der Waals surface area contributed by atoms with Crippen molar-refractivity contribution in [2.45, 2.75) is 6.18 Å². The molecule has 5 rings (SSSR count). The number of rotatable bonds is 5. The van der Waals surface area contributed by atoms with Gasteiger partial charge in [0.15, 0.2) is 23.9 Å². The van der Waals surface area contributed by atoms with Crippen LogP contribution >= 0.6 is 0 Å². The fourth-order valence-electron chi connectivity index (χ4n) is 3.53. The average Bonchev–Trinajstić information content (AvgIpc) is 3.41. The molecule has 3 aromatic carbocycles. The largest absolute Gasteiger partial charge is 0.484 e. The number of amides is 1. The summed E-state index contributed by atoms with van der Waals surface area (Å²) >= 11 is 0. The third kappa shape index (κ3) is 4.77. The van der Waals surface area contributed by atoms with Crippen molar-refractivity contribution in [3.8, 4) is 23.0 Å². The number of benzene rings is 3. The third-order valence-corrected chi connectivity index (χ3v) is 5.18. The summed E-state index contributed by atoms with van der Waals surface area (Å²) in [6, 6.07) is 14.0. The summed E-state index contributed by atoms with van der Waals surface area (Å²) in [5, 5.41) is 2.36. The zero-order valence-corrected chi connectivity index (χ0v) is 17.8. The van der Waals surface area contributed by atoms with Gasteiger partial charge in [-0.2, -0.15) is 13.2 Å². The fraction of sp³-hybridized carbons (Fsp3) is 0.120. The lowest BCUT2D eigenvalue weighted by molar-refractivity contribution is -0.137. The van der Waals surface area contributed by atoms with Crippen LogP contribution in [0.2, 0.25) is 0 Å². The summed E-state index contributed by atoms with van der Waals surface area (Å²) in [4.78, 5) is 24.8. The molecule has 0 bridgehead atoms. The van der Waals surface area contributed by atoms with Gasteiger partial charge in [-0.1, -0.05) is 12.1 Å². The van der Waals surface area contributed by atoms with Gasteiger partial charge in [0.2, 0.25) is 12.6 Å². The van der Waals surface area contributed by atoms with Gasteiger partial charge in [-0.25, -0.2) is 0 Å². The van der Waals surface area contributed by atoms with Crippen LogP contribution in [0.4, 0.5) is 18.9 Å². The molecule has 0 aromatic heterocycles. The molecule has 178 valence electrons. The van der Waals surface area contributed by atoms with Crippen molar-refractivity contribution >= 4 is 23.5 Å². The van der Waals surface area contributed by atoms with Crippen molar-refractivity contribution in [1.29, 1.82) is 0 Å². The molecule has 35 heavy (non-hydrogen) atoms. The number of carbonyl (C=O) groups is 2. The second-order valence-electron chi connectivity index (χ2n) is 7.63. The maximum Gasteiger partial charge on any atom is 0.416 e. The summed E-state index contributed by atoms with van der Waals surface area (Å²) in [6.45, 7) is -0.320. The summed E-state index contributed by atoms with van der Waals surface area (Å²) in [6.07, 6.45) is -2.94. The van der Waals surface area contributed by atoms with E-state index in [-0.39, 0.29) is 35.5 Å². The Hall–Kier alpha value is -4.47. The monoisotopic (exact) mass is 483 g/mol. The molecule has 0 fully saturated rings. The molecule has 1 N–H and O–H groups in total. The van der Waals surface area contributed by atoms with E-state index >= 15 is 0 Å². The first-order valence-corrected chi connectivity index (χ1v) is 10.3. The minimum atomic E-state index is -4.52. The number of alkyl halides is 3. The number of allylic oxidation sites excluding steroid dienone is 1. The highest BCUT2D eigenvalue weighted by Crippen LogP contribution is 2.37. The van der Waals surface area contributed by atoms with Crippen molar-refractivity contribution in [2.75, 3.05) is 18.7 Å². The molecule has 10 heteroatoms. The first-order valence-electron chi connectivity index (χ1n) is 10.3. The molecule has 0 aliphatic carbocycles. The van der Waals surface area contributed by atoms with Gasteiger partial charge in [0, 0.05) is 11.8 Å². The third-order valence-electron chi connectivity index (χ3n) is 5.18. The van der Waals surface area contributed by atoms with Crippen molar-refractivity contribution in [2.24, 2.45) is 0 Å². The molecule has 2 aliphatic heterocycles. The van der Waals surface area contributed by atoms with Gasteiger partial charge in [0.05, 0.1) is 11.1 Å². The molecule has 0 unspecified atom stereocenters. The van der Waals surface area contributed by atoms with Crippen LogP contribution in [-0.4, -0.2) is 25.1 Å². The van der Waals surface area contributed by atoms with E-state index in [1.54, 1.807) is 24.3 Å². The minimum Gasteiger partial charge on any atom is -0.484 e. The highest BCUT2D eigenvalue weighted by Gasteiger charge is 2.31. The Balaban J connectivity index is 1.23. The molecule has 0 saturated heterocycles. The molecule has 0 spiro atoms. The summed E-state index contributed by atoms with van der Waals surface area (Å²) < 4.78 is 60.2. The number of halogens is 3. The Morgan fingerprint density at radius 3 is 2.66 bits per heavy atom. The minimum absolute atomic E-state index is 0.00500. The lowest BCUT2D eigenvalue weighted by Crippen LogP contribution is -2.20. The van der Waals surface area contributed by atoms with E-state index < -0.39 is 24.3 Å². The smallest absolute Gasteiger partial charge is 0.416 e. The van der Waals surface area contributed by atoms with Crippen LogP contribution in [0.25, 0.3) is 6.08 Å². The van der Waals surface area contributed by atoms with Crippen molar-refractivity contribution < 1.29 is 41.7 Å². The number of ketones is 1. The Labute approximate surface area is 196 Å². The Kier molecular flexibility index (Phi) is 5.56. The van der Waals surface area contributed by atoms with Crippen LogP contribution in [0.5, 0.6) is 23.0 Å². The fourth-order valence-corrected chi connectivity index (χ4v) is 3.53. The normalized spacial score (nSPS) is 15.1. The van der Waals surface area contributed by atoms with Crippen molar-refractivity contribution in [3.63, 3.8) is 0 Å². The van der Waals surface area contributed by atoms with E-state index in [0.717, 1.165) is 12.1 Å². The number of hydrogen-bond acceptors (Lipinski definition) is 6. The summed E-state index contributed by atoms with van der Waals surface area (Å²) in [7, 11) is 0. The number of carbonyl (C=O) groups excluding carboxylic acids is 2. The second kappa shape index (κ2) is 8.71. The van der Waals surface area contributed by atoms with Gasteiger partial charge in [-0.3, -0.25) is 9.59 Å². The predicted molar refractivity (Wildman–Crippen MR) is 118 cm³/mol. The Morgan fingerprint density at radius 2 is 1.83 bits per heavy atom. The molecule has 3 aromatic rings. The van der Waals surface area contributed by atoms with E-state index in [1.165, 1.54) is 30.3 Å². The van der Waals surface area contributed by atoms with E-state index in [0.29, 0.717) is 22.6 Å². The molecule has 0 saturated carbocycles. The highest BCUT2D eigenvalue weighted by molar-refractivity contribution is 6.14. The van der Waals surface area contributed by atoms with Crippen LogP contribution in [-0.2, 0) is 11.0 Å². The van der Waals surface area contributed by atoms with Gasteiger partial charge in [-0.15, -0.1) is 0 Å². The van der Waals surface area contributed by atoms with Crippen LogP contribution in [0.3, 0.4) is 0 Å². The Bertz CT molecular complexity index is 1370. The maximum atomic E-state index is 12.8. The van der Waals surface area contributed by atoms with Crippen LogP contribution in [0.1, 0.15) is 21.5 Å². The number of ether oxygens (including phenoxy) is 4. The van der Waals surface area contributed by atoms with E-state index in [2.05, 4.69) is 5.32 Å². The second-order valence-corrected chi connectivity index (χ2v) is 7.63. The summed E-state index contributed by atoms with van der Waals surface area (Å²) in [5.41, 5.74) is 0.141. The van der Waals surface area contributed by atoms with Gasteiger partial charge < -0.3 is 24.3 Å². The van der Waals surface area contributed by atoms with Gasteiger partial charge in [0.1, 0.15) is 11.5 Å². The number of anilines is 1. The zero-order chi connectivity index (χ0) is 24.6. The Morgan fingerprint density at radius 1 is 1.00 bits per heavy atom. The SMILES string of the molecule is O=C(COc1ccc2c(c1)OC(=Cc1ccc3c(c1)OCO3)C2=O)Nc1cccc(C(F)(F)F)c1. The highest BCUT2D eigenvalue weighted by atomic mass is 19.4. The van der Waals surface area contributed by atoms with E-state index in [9.17, 15) is 22.8 Å². The van der Waals surface area contributed by atoms with E-state index in [1.807, 2.05) is 0 Å². The molecule has 2 heterocycles. The molecular formula is C25H16F3NO6. The lowest BCUT2D eigenvalue weighted by Gasteiger charge is -2.11. The topological polar surface area (TPSA) is 83.1 Å². The van der Waals surface area contributed by atoms with Crippen LogP contribution < -0.4 is 24.3 Å². The molecular weight excluding hydrogens is 467 g/mol. The van der Waals surface area contributed by atoms with E-state index in [4.69, 9.17) is 18.9 Å². The van der Waals surface area contributed by atoms with Crippen LogP contribution in [0.15, 0.2) is 66.4 Å². The predicted octanol–water partition coefficient (Wildman–Crippen LogP) is 5.07. The molecule has 2 aliphatic rings. The van der Waals surface area contributed by atoms with Crippen LogP contribution in [0, 0.1) is 0 Å². The van der Waals surface area contributed by atoms with Crippen molar-refractivity contribution in [1.82, 2.24) is 0 Å². The zero-order valence-electron chi connectivity index (χ0n) is 17.8. The first kappa shape index (κ1) is 22.3. The number of nitrogens with one attached hydrogen (secondary N) is 1. The number of fused-ring (bicyclic) bond motifs is 2. The molecule has 7 nitrogen and oxygen atoms in total. The molecule has 0 atom stereocenters. The first-order chi connectivity index (χ1) is 16.8. The molecule has 1 amide bonds. The lowest BCUT2D eigenvalue weighted by atomic mass is 10.1. The number of Topliss-reactive ketones (excluding diaryl/α,β-unsaturated/α-hetero) is 1. The van der Waals surface area contributed by atoms with Gasteiger partial charge in [-0.05, 0) is 54.1 Å². The van der Waals surface area contributed by atoms with Gasteiger partial charge >= 0.3 is 6.18 Å². The summed E-state index contributed by atoms with van der Waals surface area (Å²) in [5.74, 6) is 0.849. The standard InChI is InChI=1S/C25H16F3NO6/c26-25(27,28)15-2-1-3-16(10-15)29-23(30)12-32-17-5-6-18-20(11-17)35-22(24(18)31)9-14-4-7-19-21(8-14)34-13-33-19/h1-11H,12-13H2,(H,29,30). The average molecular weight is 483 g/mol. The van der Waals surface area contributed by atoms with Gasteiger partial charge in [0.25, 0.3) is 5.91 Å². The van der Waals surface area contributed by atoms with Crippen molar-refractivity contribution in [3.05, 3.63) is 83.1 Å². The maximum absolute atomic E-state index is 12.8.